The molecule has 0 aromatic heterocycles. The van der Waals surface area contributed by atoms with Gasteiger partial charge in [0.05, 0.1) is 7.11 Å². The smallest absolute Gasteiger partial charge is 0.324 e. The van der Waals surface area contributed by atoms with Crippen molar-refractivity contribution in [3.05, 3.63) is 94.2 Å². The third kappa shape index (κ3) is 5.43. The topological polar surface area (TPSA) is 35.5 Å². The Morgan fingerprint density at radius 2 is 1.80 bits per heavy atom. The molecule has 0 radical (unpaired) electrons. The van der Waals surface area contributed by atoms with Gasteiger partial charge in [-0.05, 0) is 66.4 Å². The second kappa shape index (κ2) is 10.7. The molecule has 0 amide bonds. The van der Waals surface area contributed by atoms with Crippen molar-refractivity contribution in [1.29, 1.82) is 0 Å². The Balaban J connectivity index is 1.66. The molecule has 0 saturated heterocycles. The molecule has 4 heteroatoms. The number of rotatable bonds is 7. The van der Waals surface area contributed by atoms with Crippen LogP contribution in [0, 0.1) is 17.3 Å². The fourth-order valence-corrected chi connectivity index (χ4v) is 6.16. The fraction of sp³-hybridized carbons (Fsp3) is 0.452. The molecule has 0 spiro atoms. The number of allylic oxidation sites excluding steroid dienone is 2. The van der Waals surface area contributed by atoms with Crippen LogP contribution in [0.25, 0.3) is 0 Å². The first-order valence-electron chi connectivity index (χ1n) is 12.7. The molecule has 0 bridgehead atoms. The number of methoxy groups -OCH3 is 1. The first-order valence-corrected chi connectivity index (χ1v) is 13.5. The average molecular weight is 538 g/mol. The zero-order chi connectivity index (χ0) is 25.1. The van der Waals surface area contributed by atoms with Gasteiger partial charge < -0.3 is 9.47 Å². The second-order valence-electron chi connectivity index (χ2n) is 10.7. The molecule has 4 atom stereocenters. The number of carbonyl (C=O) groups is 1. The lowest BCUT2D eigenvalue weighted by molar-refractivity contribution is -0.166. The van der Waals surface area contributed by atoms with Crippen LogP contribution in [0.3, 0.4) is 0 Å². The number of esters is 1. The van der Waals surface area contributed by atoms with Crippen LogP contribution in [-0.4, -0.2) is 19.2 Å². The van der Waals surface area contributed by atoms with Crippen molar-refractivity contribution in [2.75, 3.05) is 7.11 Å². The van der Waals surface area contributed by atoms with E-state index in [0.717, 1.165) is 35.7 Å². The maximum Gasteiger partial charge on any atom is 0.324 e. The van der Waals surface area contributed by atoms with Gasteiger partial charge in [0.25, 0.3) is 0 Å². The fourth-order valence-electron chi connectivity index (χ4n) is 5.89. The largest absolute Gasteiger partial charge is 0.500 e. The number of carbonyl (C=O) groups excluding carboxylic acids is 1. The highest BCUT2D eigenvalue weighted by atomic mass is 79.9. The van der Waals surface area contributed by atoms with E-state index in [9.17, 15) is 4.79 Å². The highest BCUT2D eigenvalue weighted by Crippen LogP contribution is 2.46. The van der Waals surface area contributed by atoms with Crippen molar-refractivity contribution < 1.29 is 14.3 Å². The summed E-state index contributed by atoms with van der Waals surface area (Å²) in [6.45, 7) is 6.86. The Hall–Kier alpha value is -2.33. The number of hydrogen-bond donors (Lipinski definition) is 0. The minimum absolute atomic E-state index is 0.104. The predicted octanol–water partition coefficient (Wildman–Crippen LogP) is 7.79. The lowest BCUT2D eigenvalue weighted by Crippen LogP contribution is -2.46. The van der Waals surface area contributed by atoms with Gasteiger partial charge in [0, 0.05) is 10.4 Å². The van der Waals surface area contributed by atoms with E-state index in [1.54, 1.807) is 7.11 Å². The second-order valence-corrected chi connectivity index (χ2v) is 11.7. The maximum absolute atomic E-state index is 14.1. The van der Waals surface area contributed by atoms with Gasteiger partial charge in [-0.15, -0.1) is 0 Å². The van der Waals surface area contributed by atoms with Crippen LogP contribution in [0.15, 0.2) is 83.1 Å². The summed E-state index contributed by atoms with van der Waals surface area (Å²) in [5.74, 6) is 1.24. The van der Waals surface area contributed by atoms with Crippen molar-refractivity contribution in [2.24, 2.45) is 17.3 Å². The van der Waals surface area contributed by atoms with Gasteiger partial charge >= 0.3 is 5.97 Å². The van der Waals surface area contributed by atoms with Gasteiger partial charge in [0.15, 0.2) is 0 Å². The molecular weight excluding hydrogens is 500 g/mol. The van der Waals surface area contributed by atoms with Gasteiger partial charge in [-0.1, -0.05) is 97.7 Å². The van der Waals surface area contributed by atoms with E-state index in [0.29, 0.717) is 18.1 Å². The zero-order valence-electron chi connectivity index (χ0n) is 21.3. The summed E-state index contributed by atoms with van der Waals surface area (Å²) in [4.78, 5) is 14.1. The van der Waals surface area contributed by atoms with Crippen molar-refractivity contribution in [1.82, 2.24) is 0 Å². The molecule has 4 rings (SSSR count). The van der Waals surface area contributed by atoms with Gasteiger partial charge in [0.2, 0.25) is 0 Å². The Morgan fingerprint density at radius 3 is 2.49 bits per heavy atom. The van der Waals surface area contributed by atoms with Gasteiger partial charge in [0.1, 0.15) is 17.3 Å². The number of ether oxygens (including phenoxy) is 2. The van der Waals surface area contributed by atoms with Crippen LogP contribution < -0.4 is 0 Å². The van der Waals surface area contributed by atoms with Crippen LogP contribution >= 0.6 is 15.9 Å². The van der Waals surface area contributed by atoms with Crippen LogP contribution in [0.2, 0.25) is 0 Å². The summed E-state index contributed by atoms with van der Waals surface area (Å²) in [6, 6.07) is 18.8. The predicted molar refractivity (Wildman–Crippen MR) is 145 cm³/mol. The van der Waals surface area contributed by atoms with Crippen molar-refractivity contribution >= 4 is 21.9 Å². The number of benzene rings is 2. The molecule has 1 saturated carbocycles. The summed E-state index contributed by atoms with van der Waals surface area (Å²) < 4.78 is 13.3. The third-order valence-corrected chi connectivity index (χ3v) is 8.55. The lowest BCUT2D eigenvalue weighted by Gasteiger charge is -2.45. The molecule has 2 aromatic carbocycles. The minimum atomic E-state index is -0.955. The number of hydrogen-bond acceptors (Lipinski definition) is 3. The van der Waals surface area contributed by atoms with Crippen LogP contribution in [0.5, 0.6) is 0 Å². The average Bonchev–Trinajstić information content (AvgIpc) is 2.86. The van der Waals surface area contributed by atoms with Crippen LogP contribution in [0.1, 0.15) is 57.6 Å². The van der Waals surface area contributed by atoms with Gasteiger partial charge in [-0.25, -0.2) is 0 Å². The number of halogens is 1. The first-order chi connectivity index (χ1) is 16.8. The summed E-state index contributed by atoms with van der Waals surface area (Å²) in [5.41, 5.74) is 1.30. The summed E-state index contributed by atoms with van der Waals surface area (Å²) in [5, 5.41) is 0. The summed E-state index contributed by atoms with van der Waals surface area (Å²) >= 11 is 3.51. The molecule has 0 heterocycles. The molecule has 3 nitrogen and oxygen atoms in total. The molecule has 186 valence electrons. The summed E-state index contributed by atoms with van der Waals surface area (Å²) in [7, 11) is 1.65. The Morgan fingerprint density at radius 1 is 1.09 bits per heavy atom. The van der Waals surface area contributed by atoms with E-state index >= 15 is 0 Å². The van der Waals surface area contributed by atoms with Crippen LogP contribution in [0.4, 0.5) is 0 Å². The monoisotopic (exact) mass is 536 g/mol. The summed E-state index contributed by atoms with van der Waals surface area (Å²) in [6.07, 6.45) is 10.3. The van der Waals surface area contributed by atoms with Crippen LogP contribution in [-0.2, 0) is 26.1 Å². The normalized spacial score (nSPS) is 26.7. The molecule has 1 fully saturated rings. The maximum atomic E-state index is 14.1. The van der Waals surface area contributed by atoms with E-state index in [1.807, 2.05) is 24.3 Å². The molecule has 2 aliphatic rings. The van der Waals surface area contributed by atoms with E-state index in [4.69, 9.17) is 9.47 Å². The zero-order valence-corrected chi connectivity index (χ0v) is 22.9. The lowest BCUT2D eigenvalue weighted by atomic mass is 9.64. The minimum Gasteiger partial charge on any atom is -0.500 e. The Bertz CT molecular complexity index is 1070. The molecule has 1 unspecified atom stereocenters. The van der Waals surface area contributed by atoms with E-state index in [-0.39, 0.29) is 23.4 Å². The van der Waals surface area contributed by atoms with Crippen molar-refractivity contribution in [3.63, 3.8) is 0 Å². The van der Waals surface area contributed by atoms with Gasteiger partial charge in [-0.2, -0.15) is 0 Å². The Kier molecular flexibility index (Phi) is 7.90. The first kappa shape index (κ1) is 25.8. The van der Waals surface area contributed by atoms with E-state index < -0.39 is 5.41 Å². The molecule has 0 aliphatic heterocycles. The molecular formula is C31H37BrO3. The third-order valence-electron chi connectivity index (χ3n) is 8.02. The molecule has 2 aromatic rings. The molecule has 2 aliphatic carbocycles. The van der Waals surface area contributed by atoms with Crippen molar-refractivity contribution in [3.8, 4) is 0 Å². The van der Waals surface area contributed by atoms with E-state index in [1.165, 1.54) is 5.56 Å². The molecule has 35 heavy (non-hydrogen) atoms. The highest BCUT2D eigenvalue weighted by molar-refractivity contribution is 9.10. The highest BCUT2D eigenvalue weighted by Gasteiger charge is 2.48. The SMILES string of the molecule is COC1=CCC=CC1(Cc1ccc(Br)cc1)C(=O)O[C@@H]1C[C@H](C)CC[C@H]1C(C)(C)c1ccccc1. The van der Waals surface area contributed by atoms with Crippen molar-refractivity contribution in [2.45, 2.75) is 64.4 Å². The standard InChI is InChI=1S/C31H37BrO3/c1-22-13-18-26(30(2,3)24-10-6-5-7-11-24)27(20-22)35-29(33)31(19-9-8-12-28(31)34-4)21-23-14-16-25(32)17-15-23/h5-7,9-12,14-17,19,22,26-27H,8,13,18,20-21H2,1-4H3/t22-,26-,27-,31?/m1/s1. The van der Waals surface area contributed by atoms with E-state index in [2.05, 4.69) is 85.2 Å². The Labute approximate surface area is 218 Å². The quantitative estimate of drug-likeness (QED) is 0.267. The van der Waals surface area contributed by atoms with Gasteiger partial charge in [-0.3, -0.25) is 4.79 Å². The molecule has 0 N–H and O–H groups in total.